The highest BCUT2D eigenvalue weighted by Gasteiger charge is 2.21. The van der Waals surface area contributed by atoms with Crippen molar-refractivity contribution in [3.63, 3.8) is 0 Å². The van der Waals surface area contributed by atoms with Crippen LogP contribution in [0.1, 0.15) is 67.7 Å². The molecule has 0 unspecified atom stereocenters. The molecule has 0 atom stereocenters. The molecule has 0 aliphatic heterocycles. The molecule has 0 saturated carbocycles. The molecule has 20 heavy (non-hydrogen) atoms. The van der Waals surface area contributed by atoms with E-state index in [1.165, 1.54) is 6.42 Å². The van der Waals surface area contributed by atoms with Crippen molar-refractivity contribution in [1.29, 1.82) is 0 Å². The minimum atomic E-state index is 0.143. The van der Waals surface area contributed by atoms with E-state index in [0.717, 1.165) is 44.2 Å². The van der Waals surface area contributed by atoms with Gasteiger partial charge in [0.05, 0.1) is 13.2 Å². The second-order valence-electron chi connectivity index (χ2n) is 8.06. The molecular weight excluding hydrogens is 246 g/mol. The number of hydrogen-bond donors (Lipinski definition) is 1. The van der Waals surface area contributed by atoms with Gasteiger partial charge in [0, 0.05) is 17.7 Å². The normalized spacial score (nSPS) is 12.8. The molecule has 0 bridgehead atoms. The summed E-state index contributed by atoms with van der Waals surface area (Å²) in [7, 11) is 0. The van der Waals surface area contributed by atoms with Gasteiger partial charge in [-0.05, 0) is 30.6 Å². The van der Waals surface area contributed by atoms with Crippen LogP contribution in [0.4, 0.5) is 0 Å². The highest BCUT2D eigenvalue weighted by molar-refractivity contribution is 4.92. The van der Waals surface area contributed by atoms with Crippen molar-refractivity contribution in [3.05, 3.63) is 12.3 Å². The number of ether oxygens (including phenoxy) is 1. The summed E-state index contributed by atoms with van der Waals surface area (Å²) in [4.78, 5) is 0. The highest BCUT2D eigenvalue weighted by atomic mass is 16.5. The Hall–Kier alpha value is -0.500. The van der Waals surface area contributed by atoms with Crippen molar-refractivity contribution in [2.45, 2.75) is 67.7 Å². The fraction of sp³-hybridized carbons (Fsp3) is 0.889. The van der Waals surface area contributed by atoms with Crippen LogP contribution in [-0.2, 0) is 4.74 Å². The summed E-state index contributed by atoms with van der Waals surface area (Å²) in [6.45, 7) is 22.4. The van der Waals surface area contributed by atoms with Gasteiger partial charge in [0.1, 0.15) is 0 Å². The Morgan fingerprint density at radius 3 is 2.15 bits per heavy atom. The van der Waals surface area contributed by atoms with E-state index in [4.69, 9.17) is 4.74 Å². The predicted octanol–water partition coefficient (Wildman–Crippen LogP) is 5.00. The molecule has 0 radical (unpaired) electrons. The zero-order valence-corrected chi connectivity index (χ0v) is 14.9. The third-order valence-corrected chi connectivity index (χ3v) is 3.78. The number of allylic oxidation sites excluding steroid dienone is 1. The van der Waals surface area contributed by atoms with Crippen molar-refractivity contribution in [2.75, 3.05) is 19.8 Å². The molecule has 0 spiro atoms. The van der Waals surface area contributed by atoms with Crippen LogP contribution in [0.2, 0.25) is 0 Å². The molecule has 0 fully saturated rings. The van der Waals surface area contributed by atoms with Crippen molar-refractivity contribution < 1.29 is 4.74 Å². The summed E-state index contributed by atoms with van der Waals surface area (Å²) in [6, 6.07) is 0. The summed E-state index contributed by atoms with van der Waals surface area (Å²) in [5.74, 6) is 0.737. The van der Waals surface area contributed by atoms with Crippen molar-refractivity contribution in [2.24, 2.45) is 16.7 Å². The van der Waals surface area contributed by atoms with Crippen LogP contribution in [0.15, 0.2) is 12.3 Å². The lowest BCUT2D eigenvalue weighted by Crippen LogP contribution is -2.34. The van der Waals surface area contributed by atoms with Crippen molar-refractivity contribution in [3.8, 4) is 0 Å². The molecule has 0 heterocycles. The molecule has 0 rings (SSSR count). The molecular formula is C18H37NO. The number of rotatable bonds is 11. The Labute approximate surface area is 127 Å². The van der Waals surface area contributed by atoms with E-state index in [-0.39, 0.29) is 10.8 Å². The summed E-state index contributed by atoms with van der Waals surface area (Å²) in [5, 5.41) is 3.47. The maximum absolute atomic E-state index is 5.91. The Balaban J connectivity index is 3.92. The monoisotopic (exact) mass is 283 g/mol. The van der Waals surface area contributed by atoms with E-state index in [2.05, 4.69) is 60.4 Å². The van der Waals surface area contributed by atoms with Crippen molar-refractivity contribution >= 4 is 0 Å². The van der Waals surface area contributed by atoms with Gasteiger partial charge in [0.2, 0.25) is 0 Å². The molecule has 0 amide bonds. The maximum Gasteiger partial charge on any atom is 0.0534 e. The molecule has 0 aromatic carbocycles. The van der Waals surface area contributed by atoms with E-state index in [1.807, 2.05) is 0 Å². The Morgan fingerprint density at radius 1 is 1.10 bits per heavy atom. The van der Waals surface area contributed by atoms with E-state index >= 15 is 0 Å². The highest BCUT2D eigenvalue weighted by Crippen LogP contribution is 2.22. The molecule has 2 heteroatoms. The lowest BCUT2D eigenvalue weighted by Gasteiger charge is -2.29. The molecule has 1 N–H and O–H groups in total. The molecule has 0 aliphatic carbocycles. The van der Waals surface area contributed by atoms with E-state index in [9.17, 15) is 0 Å². The van der Waals surface area contributed by atoms with Crippen molar-refractivity contribution in [1.82, 2.24) is 5.32 Å². The minimum Gasteiger partial charge on any atom is -0.388 e. The minimum absolute atomic E-state index is 0.143. The molecule has 120 valence electrons. The zero-order valence-electron chi connectivity index (χ0n) is 14.9. The van der Waals surface area contributed by atoms with Crippen LogP contribution in [-0.4, -0.2) is 19.8 Å². The Kier molecular flexibility index (Phi) is 8.50. The van der Waals surface area contributed by atoms with E-state index in [1.54, 1.807) is 0 Å². The zero-order chi connectivity index (χ0) is 15.8. The van der Waals surface area contributed by atoms with E-state index in [0.29, 0.717) is 0 Å². The lowest BCUT2D eigenvalue weighted by molar-refractivity contribution is 0.0149. The number of hydrogen-bond acceptors (Lipinski definition) is 2. The third kappa shape index (κ3) is 10.3. The van der Waals surface area contributed by atoms with Gasteiger partial charge in [0.25, 0.3) is 0 Å². The van der Waals surface area contributed by atoms with Gasteiger partial charge in [-0.1, -0.05) is 55.0 Å². The van der Waals surface area contributed by atoms with Gasteiger partial charge in [-0.15, -0.1) is 0 Å². The van der Waals surface area contributed by atoms with Gasteiger partial charge < -0.3 is 10.1 Å². The van der Waals surface area contributed by atoms with Gasteiger partial charge in [0.15, 0.2) is 0 Å². The van der Waals surface area contributed by atoms with Crippen LogP contribution >= 0.6 is 0 Å². The predicted molar refractivity (Wildman–Crippen MR) is 89.9 cm³/mol. The second-order valence-corrected chi connectivity index (χ2v) is 8.06. The van der Waals surface area contributed by atoms with Crippen LogP contribution in [0.25, 0.3) is 0 Å². The first-order valence-corrected chi connectivity index (χ1v) is 8.07. The average Bonchev–Trinajstić information content (AvgIpc) is 2.33. The Bertz CT molecular complexity index is 279. The lowest BCUT2D eigenvalue weighted by atomic mass is 9.91. The molecule has 0 aliphatic rings. The third-order valence-electron chi connectivity index (χ3n) is 3.78. The fourth-order valence-corrected chi connectivity index (χ4v) is 1.67. The van der Waals surface area contributed by atoms with Gasteiger partial charge in [-0.3, -0.25) is 0 Å². The van der Waals surface area contributed by atoms with Gasteiger partial charge in [-0.25, -0.2) is 0 Å². The first-order valence-electron chi connectivity index (χ1n) is 8.07. The quantitative estimate of drug-likeness (QED) is 0.576. The summed E-state index contributed by atoms with van der Waals surface area (Å²) in [5.41, 5.74) is 1.58. The first kappa shape index (κ1) is 19.5. The van der Waals surface area contributed by atoms with Crippen LogP contribution < -0.4 is 5.32 Å². The second kappa shape index (κ2) is 8.71. The maximum atomic E-state index is 5.91. The average molecular weight is 284 g/mol. The summed E-state index contributed by atoms with van der Waals surface area (Å²) < 4.78 is 5.91. The molecule has 0 aromatic heterocycles. The van der Waals surface area contributed by atoms with Gasteiger partial charge >= 0.3 is 0 Å². The topological polar surface area (TPSA) is 21.3 Å². The van der Waals surface area contributed by atoms with E-state index < -0.39 is 0 Å². The van der Waals surface area contributed by atoms with Crippen LogP contribution in [0, 0.1) is 16.7 Å². The van der Waals surface area contributed by atoms with Crippen LogP contribution in [0.5, 0.6) is 0 Å². The van der Waals surface area contributed by atoms with Gasteiger partial charge in [-0.2, -0.15) is 0 Å². The molecule has 0 aromatic rings. The SMILES string of the molecule is C=C(CCC(C)C)NCC(C)(C)COCC(C)(C)CC. The summed E-state index contributed by atoms with van der Waals surface area (Å²) in [6.07, 6.45) is 3.42. The number of nitrogens with one attached hydrogen (secondary N) is 1. The first-order chi connectivity index (χ1) is 9.08. The largest absolute Gasteiger partial charge is 0.388 e. The van der Waals surface area contributed by atoms with Crippen LogP contribution in [0.3, 0.4) is 0 Å². The molecule has 0 saturated heterocycles. The standard InChI is InChI=1S/C18H37NO/c1-9-17(5,6)13-20-14-18(7,8)12-19-16(4)11-10-15(2)3/h15,19H,4,9-14H2,1-3,5-8H3. The summed E-state index contributed by atoms with van der Waals surface area (Å²) >= 11 is 0. The fourth-order valence-electron chi connectivity index (χ4n) is 1.67. The molecule has 2 nitrogen and oxygen atoms in total. The Morgan fingerprint density at radius 2 is 1.65 bits per heavy atom. The smallest absolute Gasteiger partial charge is 0.0534 e.